The summed E-state index contributed by atoms with van der Waals surface area (Å²) < 4.78 is 39.9. The fraction of sp³-hybridized carbons (Fsp3) is 0.462. The second-order valence-electron chi connectivity index (χ2n) is 4.43. The monoisotopic (exact) mass is 380 g/mol. The van der Waals surface area contributed by atoms with Gasteiger partial charge in [-0.15, -0.1) is 0 Å². The molecule has 1 atom stereocenters. The van der Waals surface area contributed by atoms with E-state index in [0.717, 1.165) is 18.2 Å². The highest BCUT2D eigenvalue weighted by atomic mass is 79.9. The molecule has 0 spiro atoms. The van der Waals surface area contributed by atoms with Gasteiger partial charge in [-0.3, -0.25) is 4.79 Å². The van der Waals surface area contributed by atoms with Crippen LogP contribution in [0.3, 0.4) is 0 Å². The number of halogens is 2. The molecule has 0 aliphatic carbocycles. The Bertz CT molecular complexity index is 618. The van der Waals surface area contributed by atoms with Crippen molar-refractivity contribution in [2.45, 2.75) is 31.7 Å². The quantitative estimate of drug-likeness (QED) is 0.821. The van der Waals surface area contributed by atoms with Crippen LogP contribution in [0.2, 0.25) is 0 Å². The fourth-order valence-electron chi connectivity index (χ4n) is 1.85. The zero-order valence-corrected chi connectivity index (χ0v) is 14.5. The van der Waals surface area contributed by atoms with E-state index < -0.39 is 21.9 Å². The first kappa shape index (κ1) is 18.1. The second-order valence-corrected chi connectivity index (χ2v) is 6.96. The van der Waals surface area contributed by atoms with Gasteiger partial charge in [0.05, 0.1) is 10.9 Å². The number of hydrogen-bond acceptors (Lipinski definition) is 3. The van der Waals surface area contributed by atoms with Gasteiger partial charge in [-0.2, -0.15) is 4.72 Å². The van der Waals surface area contributed by atoms with Crippen molar-refractivity contribution in [2.75, 3.05) is 13.1 Å². The number of rotatable bonds is 6. The molecule has 21 heavy (non-hydrogen) atoms. The Kier molecular flexibility index (Phi) is 6.30. The molecule has 8 heteroatoms. The Balaban J connectivity index is 2.97. The predicted molar refractivity (Wildman–Crippen MR) is 81.8 cm³/mol. The van der Waals surface area contributed by atoms with Crippen molar-refractivity contribution in [2.24, 2.45) is 0 Å². The van der Waals surface area contributed by atoms with E-state index in [-0.39, 0.29) is 15.3 Å². The standard InChI is InChI=1S/C13H18BrFN2O3S/c1-4-17(5-2)13(18)9(3)16-21(19,20)12-7-6-10(15)8-11(12)14/h6-9,16H,4-5H2,1-3H3. The molecule has 1 unspecified atom stereocenters. The first-order valence-corrected chi connectivity index (χ1v) is 8.76. The van der Waals surface area contributed by atoms with E-state index in [0.29, 0.717) is 13.1 Å². The van der Waals surface area contributed by atoms with E-state index in [9.17, 15) is 17.6 Å². The van der Waals surface area contributed by atoms with Crippen molar-refractivity contribution in [1.29, 1.82) is 0 Å². The highest BCUT2D eigenvalue weighted by Crippen LogP contribution is 2.22. The van der Waals surface area contributed by atoms with E-state index in [1.807, 2.05) is 13.8 Å². The molecular weight excluding hydrogens is 363 g/mol. The van der Waals surface area contributed by atoms with E-state index in [1.165, 1.54) is 11.8 Å². The zero-order valence-electron chi connectivity index (χ0n) is 12.1. The molecule has 1 aromatic rings. The third-order valence-electron chi connectivity index (χ3n) is 2.96. The first-order valence-electron chi connectivity index (χ1n) is 6.49. The van der Waals surface area contributed by atoms with E-state index in [4.69, 9.17) is 0 Å². The average molecular weight is 381 g/mol. The minimum atomic E-state index is -3.91. The summed E-state index contributed by atoms with van der Waals surface area (Å²) in [6, 6.07) is 2.37. The summed E-state index contributed by atoms with van der Waals surface area (Å²) in [4.78, 5) is 13.5. The Morgan fingerprint density at radius 2 is 1.95 bits per heavy atom. The Morgan fingerprint density at radius 1 is 1.38 bits per heavy atom. The molecule has 1 amide bonds. The SMILES string of the molecule is CCN(CC)C(=O)C(C)NS(=O)(=O)c1ccc(F)cc1Br. The summed E-state index contributed by atoms with van der Waals surface area (Å²) in [6.07, 6.45) is 0. The van der Waals surface area contributed by atoms with Crippen LogP contribution >= 0.6 is 15.9 Å². The summed E-state index contributed by atoms with van der Waals surface area (Å²) >= 11 is 3.01. The molecule has 0 radical (unpaired) electrons. The number of sulfonamides is 1. The van der Waals surface area contributed by atoms with Gasteiger partial charge in [0, 0.05) is 17.6 Å². The number of carbonyl (C=O) groups excluding carboxylic acids is 1. The van der Waals surface area contributed by atoms with Crippen LogP contribution in [0.4, 0.5) is 4.39 Å². The van der Waals surface area contributed by atoms with Crippen LogP contribution in [0.15, 0.2) is 27.6 Å². The molecule has 0 heterocycles. The lowest BCUT2D eigenvalue weighted by Crippen LogP contribution is -2.46. The van der Waals surface area contributed by atoms with E-state index >= 15 is 0 Å². The van der Waals surface area contributed by atoms with Gasteiger partial charge in [0.25, 0.3) is 0 Å². The van der Waals surface area contributed by atoms with E-state index in [2.05, 4.69) is 20.7 Å². The molecular formula is C13H18BrFN2O3S. The van der Waals surface area contributed by atoms with Crippen molar-refractivity contribution in [3.8, 4) is 0 Å². The van der Waals surface area contributed by atoms with E-state index in [1.54, 1.807) is 0 Å². The van der Waals surface area contributed by atoms with Gasteiger partial charge in [0.15, 0.2) is 0 Å². The number of hydrogen-bond donors (Lipinski definition) is 1. The molecule has 118 valence electrons. The van der Waals surface area contributed by atoms with Gasteiger partial charge < -0.3 is 4.90 Å². The van der Waals surface area contributed by atoms with Crippen LogP contribution in [0.25, 0.3) is 0 Å². The lowest BCUT2D eigenvalue weighted by molar-refractivity contribution is -0.132. The van der Waals surface area contributed by atoms with Crippen LogP contribution in [0, 0.1) is 5.82 Å². The van der Waals surface area contributed by atoms with Gasteiger partial charge in [0.2, 0.25) is 15.9 Å². The van der Waals surface area contributed by atoms with Crippen molar-refractivity contribution in [1.82, 2.24) is 9.62 Å². The van der Waals surface area contributed by atoms with Crippen LogP contribution in [-0.2, 0) is 14.8 Å². The Labute approximate surface area is 132 Å². The minimum Gasteiger partial charge on any atom is -0.342 e. The molecule has 1 N–H and O–H groups in total. The van der Waals surface area contributed by atoms with Crippen LogP contribution in [0.5, 0.6) is 0 Å². The number of amides is 1. The molecule has 0 bridgehead atoms. The molecule has 0 aromatic heterocycles. The first-order chi connectivity index (χ1) is 9.72. The summed E-state index contributed by atoms with van der Waals surface area (Å²) in [5, 5.41) is 0. The predicted octanol–water partition coefficient (Wildman–Crippen LogP) is 2.12. The highest BCUT2D eigenvalue weighted by molar-refractivity contribution is 9.10. The topological polar surface area (TPSA) is 66.5 Å². The smallest absolute Gasteiger partial charge is 0.242 e. The maximum Gasteiger partial charge on any atom is 0.242 e. The molecule has 0 saturated heterocycles. The summed E-state index contributed by atoms with van der Waals surface area (Å²) in [5.74, 6) is -0.852. The largest absolute Gasteiger partial charge is 0.342 e. The third-order valence-corrected chi connectivity index (χ3v) is 5.48. The second kappa shape index (κ2) is 7.33. The van der Waals surface area contributed by atoms with Crippen molar-refractivity contribution >= 4 is 31.9 Å². The fourth-order valence-corrected chi connectivity index (χ4v) is 4.10. The molecule has 0 aliphatic rings. The maximum absolute atomic E-state index is 13.0. The number of nitrogens with one attached hydrogen (secondary N) is 1. The lowest BCUT2D eigenvalue weighted by Gasteiger charge is -2.23. The third kappa shape index (κ3) is 4.49. The lowest BCUT2D eigenvalue weighted by atomic mass is 10.3. The maximum atomic E-state index is 13.0. The van der Waals surface area contributed by atoms with Crippen molar-refractivity contribution < 1.29 is 17.6 Å². The number of carbonyl (C=O) groups is 1. The molecule has 0 saturated carbocycles. The summed E-state index contributed by atoms with van der Waals surface area (Å²) in [7, 11) is -3.91. The molecule has 0 fully saturated rings. The number of benzene rings is 1. The number of nitrogens with zero attached hydrogens (tertiary/aromatic N) is 1. The van der Waals surface area contributed by atoms with Crippen LogP contribution < -0.4 is 4.72 Å². The van der Waals surface area contributed by atoms with Crippen LogP contribution in [0.1, 0.15) is 20.8 Å². The summed E-state index contributed by atoms with van der Waals surface area (Å²) in [6.45, 7) is 6.12. The minimum absolute atomic E-state index is 0.108. The van der Waals surface area contributed by atoms with Gasteiger partial charge in [0.1, 0.15) is 5.82 Å². The van der Waals surface area contributed by atoms with Gasteiger partial charge in [-0.1, -0.05) is 0 Å². The highest BCUT2D eigenvalue weighted by Gasteiger charge is 2.26. The zero-order chi connectivity index (χ0) is 16.2. The van der Waals surface area contributed by atoms with Gasteiger partial charge in [-0.25, -0.2) is 12.8 Å². The van der Waals surface area contributed by atoms with Crippen LogP contribution in [-0.4, -0.2) is 38.4 Å². The molecule has 0 aliphatic heterocycles. The average Bonchev–Trinajstić information content (AvgIpc) is 2.38. The normalized spacial score (nSPS) is 13.0. The Morgan fingerprint density at radius 3 is 2.43 bits per heavy atom. The van der Waals surface area contributed by atoms with Crippen molar-refractivity contribution in [3.05, 3.63) is 28.5 Å². The summed E-state index contributed by atoms with van der Waals surface area (Å²) in [5.41, 5.74) is 0. The molecule has 1 aromatic carbocycles. The number of likely N-dealkylation sites (N-methyl/N-ethyl adjacent to an activating group) is 1. The van der Waals surface area contributed by atoms with Crippen molar-refractivity contribution in [3.63, 3.8) is 0 Å². The molecule has 5 nitrogen and oxygen atoms in total. The Hall–Kier alpha value is -0.990. The van der Waals surface area contributed by atoms with Gasteiger partial charge in [-0.05, 0) is 54.9 Å². The van der Waals surface area contributed by atoms with Gasteiger partial charge >= 0.3 is 0 Å². The molecule has 1 rings (SSSR count).